The van der Waals surface area contributed by atoms with E-state index < -0.39 is 5.97 Å². The number of para-hydroxylation sites is 1. The van der Waals surface area contributed by atoms with Crippen molar-refractivity contribution < 1.29 is 14.6 Å². The van der Waals surface area contributed by atoms with Gasteiger partial charge in [-0.3, -0.25) is 4.68 Å². The first-order valence-corrected chi connectivity index (χ1v) is 6.78. The van der Waals surface area contributed by atoms with Gasteiger partial charge in [-0.1, -0.05) is 23.4 Å². The number of benzene rings is 1. The van der Waals surface area contributed by atoms with Crippen molar-refractivity contribution in [2.24, 2.45) is 0 Å². The standard InChI is InChI=1S/C14H18N4O3/c19-14(20)13-11-18(17-16-13)9-8-15-7-4-10-21-12-5-2-1-3-6-12/h1-3,5-6,11,15H,4,7-10H2,(H,19,20). The average molecular weight is 290 g/mol. The second-order valence-electron chi connectivity index (χ2n) is 4.44. The van der Waals surface area contributed by atoms with E-state index in [0.29, 0.717) is 19.7 Å². The predicted molar refractivity (Wildman–Crippen MR) is 76.4 cm³/mol. The van der Waals surface area contributed by atoms with Crippen LogP contribution in [0, 0.1) is 0 Å². The quantitative estimate of drug-likeness (QED) is 0.671. The fraction of sp³-hybridized carbons (Fsp3) is 0.357. The van der Waals surface area contributed by atoms with Gasteiger partial charge in [0.1, 0.15) is 5.75 Å². The number of aromatic nitrogens is 3. The Balaban J connectivity index is 1.53. The van der Waals surface area contributed by atoms with E-state index in [1.165, 1.54) is 10.9 Å². The van der Waals surface area contributed by atoms with Crippen LogP contribution >= 0.6 is 0 Å². The minimum Gasteiger partial charge on any atom is -0.494 e. The molecule has 2 N–H and O–H groups in total. The molecule has 0 aliphatic heterocycles. The molecule has 0 unspecified atom stereocenters. The van der Waals surface area contributed by atoms with E-state index in [1.54, 1.807) is 0 Å². The van der Waals surface area contributed by atoms with E-state index in [4.69, 9.17) is 9.84 Å². The first kappa shape index (κ1) is 15.0. The molecule has 2 aromatic rings. The molecule has 112 valence electrons. The second-order valence-corrected chi connectivity index (χ2v) is 4.44. The molecule has 1 heterocycles. The summed E-state index contributed by atoms with van der Waals surface area (Å²) >= 11 is 0. The molecular weight excluding hydrogens is 272 g/mol. The van der Waals surface area contributed by atoms with E-state index >= 15 is 0 Å². The Morgan fingerprint density at radius 3 is 2.81 bits per heavy atom. The summed E-state index contributed by atoms with van der Waals surface area (Å²) < 4.78 is 7.08. The van der Waals surface area contributed by atoms with Gasteiger partial charge in [0.15, 0.2) is 5.69 Å². The highest BCUT2D eigenvalue weighted by Gasteiger charge is 2.07. The third-order valence-corrected chi connectivity index (χ3v) is 2.79. The van der Waals surface area contributed by atoms with Crippen LogP contribution < -0.4 is 10.1 Å². The van der Waals surface area contributed by atoms with Crippen molar-refractivity contribution in [3.8, 4) is 5.75 Å². The van der Waals surface area contributed by atoms with Crippen molar-refractivity contribution in [3.05, 3.63) is 42.2 Å². The van der Waals surface area contributed by atoms with Crippen LogP contribution in [-0.2, 0) is 6.54 Å². The lowest BCUT2D eigenvalue weighted by molar-refractivity contribution is 0.0690. The second kappa shape index (κ2) is 8.01. The number of carbonyl (C=O) groups is 1. The molecule has 2 rings (SSSR count). The van der Waals surface area contributed by atoms with Gasteiger partial charge in [0.05, 0.1) is 19.3 Å². The van der Waals surface area contributed by atoms with E-state index in [1.807, 2.05) is 30.3 Å². The Bertz CT molecular complexity index is 556. The number of rotatable bonds is 9. The molecule has 0 radical (unpaired) electrons. The molecular formula is C14H18N4O3. The monoisotopic (exact) mass is 290 g/mol. The topological polar surface area (TPSA) is 89.3 Å². The van der Waals surface area contributed by atoms with E-state index in [2.05, 4.69) is 15.6 Å². The van der Waals surface area contributed by atoms with Crippen LogP contribution in [-0.4, -0.2) is 45.8 Å². The number of hydrogen-bond acceptors (Lipinski definition) is 5. The van der Waals surface area contributed by atoms with Crippen LogP contribution in [0.25, 0.3) is 0 Å². The number of hydrogen-bond donors (Lipinski definition) is 2. The molecule has 0 amide bonds. The molecule has 0 fully saturated rings. The highest BCUT2D eigenvalue weighted by molar-refractivity contribution is 5.84. The molecule has 1 aromatic heterocycles. The minimum absolute atomic E-state index is 0.0359. The summed E-state index contributed by atoms with van der Waals surface area (Å²) in [5.74, 6) is -0.186. The Hall–Kier alpha value is -2.41. The van der Waals surface area contributed by atoms with E-state index in [-0.39, 0.29) is 5.69 Å². The van der Waals surface area contributed by atoms with Crippen LogP contribution in [0.2, 0.25) is 0 Å². The average Bonchev–Trinajstić information content (AvgIpc) is 2.96. The van der Waals surface area contributed by atoms with Gasteiger partial charge in [-0.05, 0) is 25.1 Å². The Labute approximate surface area is 122 Å². The largest absolute Gasteiger partial charge is 0.494 e. The van der Waals surface area contributed by atoms with Crippen molar-refractivity contribution in [3.63, 3.8) is 0 Å². The van der Waals surface area contributed by atoms with Crippen LogP contribution in [0.4, 0.5) is 0 Å². The van der Waals surface area contributed by atoms with Gasteiger partial charge in [0.25, 0.3) is 0 Å². The summed E-state index contributed by atoms with van der Waals surface area (Å²) in [6, 6.07) is 9.69. The molecule has 0 bridgehead atoms. The fourth-order valence-corrected chi connectivity index (χ4v) is 1.73. The summed E-state index contributed by atoms with van der Waals surface area (Å²) in [7, 11) is 0. The maximum atomic E-state index is 10.6. The first-order chi connectivity index (χ1) is 10.3. The van der Waals surface area contributed by atoms with Crippen molar-refractivity contribution in [1.29, 1.82) is 0 Å². The zero-order valence-electron chi connectivity index (χ0n) is 11.6. The third-order valence-electron chi connectivity index (χ3n) is 2.79. The molecule has 0 saturated carbocycles. The highest BCUT2D eigenvalue weighted by Crippen LogP contribution is 2.07. The smallest absolute Gasteiger partial charge is 0.358 e. The predicted octanol–water partition coefficient (Wildman–Crippen LogP) is 1.03. The SMILES string of the molecule is O=C(O)c1cn(CCNCCCOc2ccccc2)nn1. The molecule has 0 spiro atoms. The van der Waals surface area contributed by atoms with Crippen molar-refractivity contribution in [2.45, 2.75) is 13.0 Å². The van der Waals surface area contributed by atoms with Gasteiger partial charge in [-0.15, -0.1) is 5.10 Å². The van der Waals surface area contributed by atoms with Gasteiger partial charge in [-0.25, -0.2) is 4.79 Å². The van der Waals surface area contributed by atoms with Gasteiger partial charge < -0.3 is 15.2 Å². The zero-order valence-corrected chi connectivity index (χ0v) is 11.6. The van der Waals surface area contributed by atoms with Crippen LogP contribution in [0.15, 0.2) is 36.5 Å². The molecule has 1 aromatic carbocycles. The highest BCUT2D eigenvalue weighted by atomic mass is 16.5. The number of nitrogens with zero attached hydrogens (tertiary/aromatic N) is 3. The van der Waals surface area contributed by atoms with Crippen LogP contribution in [0.5, 0.6) is 5.75 Å². The van der Waals surface area contributed by atoms with E-state index in [0.717, 1.165) is 18.7 Å². The van der Waals surface area contributed by atoms with Gasteiger partial charge in [-0.2, -0.15) is 0 Å². The van der Waals surface area contributed by atoms with Gasteiger partial charge >= 0.3 is 5.97 Å². The number of carboxylic acids is 1. The normalized spacial score (nSPS) is 10.5. The number of carboxylic acid groups (broad SMARTS) is 1. The number of aromatic carboxylic acids is 1. The Kier molecular flexibility index (Phi) is 5.71. The molecule has 7 nitrogen and oxygen atoms in total. The summed E-state index contributed by atoms with van der Waals surface area (Å²) in [5.41, 5.74) is -0.0359. The zero-order chi connectivity index (χ0) is 14.9. The van der Waals surface area contributed by atoms with E-state index in [9.17, 15) is 4.79 Å². The lowest BCUT2D eigenvalue weighted by atomic mass is 10.3. The molecule has 21 heavy (non-hydrogen) atoms. The molecule has 0 aliphatic rings. The number of ether oxygens (including phenoxy) is 1. The fourth-order valence-electron chi connectivity index (χ4n) is 1.73. The molecule has 0 saturated heterocycles. The van der Waals surface area contributed by atoms with Crippen molar-refractivity contribution in [2.75, 3.05) is 19.7 Å². The Morgan fingerprint density at radius 2 is 2.10 bits per heavy atom. The number of nitrogens with one attached hydrogen (secondary N) is 1. The summed E-state index contributed by atoms with van der Waals surface area (Å²) in [4.78, 5) is 10.6. The first-order valence-electron chi connectivity index (χ1n) is 6.78. The summed E-state index contributed by atoms with van der Waals surface area (Å²) in [6.45, 7) is 2.77. The lowest BCUT2D eigenvalue weighted by Gasteiger charge is -2.07. The summed E-state index contributed by atoms with van der Waals surface area (Å²) in [6.07, 6.45) is 2.31. The summed E-state index contributed by atoms with van der Waals surface area (Å²) in [5, 5.41) is 19.2. The Morgan fingerprint density at radius 1 is 1.29 bits per heavy atom. The van der Waals surface area contributed by atoms with Crippen molar-refractivity contribution >= 4 is 5.97 Å². The molecule has 0 aliphatic carbocycles. The lowest BCUT2D eigenvalue weighted by Crippen LogP contribution is -2.22. The van der Waals surface area contributed by atoms with Crippen molar-refractivity contribution in [1.82, 2.24) is 20.3 Å². The molecule has 7 heteroatoms. The molecule has 0 atom stereocenters. The maximum Gasteiger partial charge on any atom is 0.358 e. The van der Waals surface area contributed by atoms with Crippen LogP contribution in [0.1, 0.15) is 16.9 Å². The third kappa shape index (κ3) is 5.23. The van der Waals surface area contributed by atoms with Gasteiger partial charge in [0, 0.05) is 6.54 Å². The van der Waals surface area contributed by atoms with Crippen LogP contribution in [0.3, 0.4) is 0 Å². The maximum absolute atomic E-state index is 10.6. The minimum atomic E-state index is -1.06. The van der Waals surface area contributed by atoms with Gasteiger partial charge in [0.2, 0.25) is 0 Å².